The molecule has 1 N–H and O–H groups in total. The van der Waals surface area contributed by atoms with E-state index in [9.17, 15) is 14.7 Å². The van der Waals surface area contributed by atoms with Gasteiger partial charge in [-0.1, -0.05) is 42.5 Å². The lowest BCUT2D eigenvalue weighted by Gasteiger charge is -2.26. The fraction of sp³-hybridized carbons (Fsp3) is 0.290. The first-order chi connectivity index (χ1) is 18.3. The molecular formula is C31H34N2O5. The number of aryl methyl sites for hydroxylation is 1. The van der Waals surface area contributed by atoms with Gasteiger partial charge < -0.3 is 24.4 Å². The second kappa shape index (κ2) is 12.0. The number of rotatable bonds is 10. The van der Waals surface area contributed by atoms with Gasteiger partial charge in [-0.3, -0.25) is 9.59 Å². The average Bonchev–Trinajstić information content (AvgIpc) is 3.17. The summed E-state index contributed by atoms with van der Waals surface area (Å²) in [7, 11) is 3.82. The van der Waals surface area contributed by atoms with Gasteiger partial charge in [0.05, 0.1) is 18.2 Å². The molecule has 0 unspecified atom stereocenters. The number of aliphatic hydroxyl groups excluding tert-OH is 1. The fourth-order valence-electron chi connectivity index (χ4n) is 4.53. The topological polar surface area (TPSA) is 79.3 Å². The number of aliphatic hydroxyl groups is 1. The van der Waals surface area contributed by atoms with E-state index in [0.29, 0.717) is 43.4 Å². The third kappa shape index (κ3) is 5.89. The molecule has 0 bridgehead atoms. The number of ether oxygens (including phenoxy) is 2. The van der Waals surface area contributed by atoms with Gasteiger partial charge in [0.15, 0.2) is 0 Å². The first kappa shape index (κ1) is 26.9. The summed E-state index contributed by atoms with van der Waals surface area (Å²) in [6, 6.07) is 21.7. The predicted molar refractivity (Wildman–Crippen MR) is 147 cm³/mol. The summed E-state index contributed by atoms with van der Waals surface area (Å²) in [4.78, 5) is 29.9. The van der Waals surface area contributed by atoms with Crippen LogP contribution in [0.25, 0.3) is 5.76 Å². The molecule has 1 saturated heterocycles. The summed E-state index contributed by atoms with van der Waals surface area (Å²) in [5.41, 5.74) is 3.12. The van der Waals surface area contributed by atoms with Crippen molar-refractivity contribution in [2.45, 2.75) is 26.5 Å². The molecule has 1 aliphatic rings. The number of hydrogen-bond donors (Lipinski definition) is 1. The highest BCUT2D eigenvalue weighted by atomic mass is 16.5. The average molecular weight is 515 g/mol. The van der Waals surface area contributed by atoms with Gasteiger partial charge in [0, 0.05) is 18.7 Å². The van der Waals surface area contributed by atoms with Gasteiger partial charge >= 0.3 is 0 Å². The molecule has 7 heteroatoms. The van der Waals surface area contributed by atoms with Crippen LogP contribution in [-0.4, -0.2) is 60.4 Å². The molecule has 1 atom stereocenters. The maximum atomic E-state index is 13.3. The van der Waals surface area contributed by atoms with Crippen molar-refractivity contribution < 1.29 is 24.2 Å². The number of nitrogens with zero attached hydrogens (tertiary/aromatic N) is 2. The Morgan fingerprint density at radius 1 is 0.974 bits per heavy atom. The van der Waals surface area contributed by atoms with Crippen molar-refractivity contribution in [1.29, 1.82) is 0 Å². The Morgan fingerprint density at radius 2 is 1.68 bits per heavy atom. The Hall–Kier alpha value is -4.10. The van der Waals surface area contributed by atoms with Crippen LogP contribution in [0.2, 0.25) is 0 Å². The van der Waals surface area contributed by atoms with Crippen LogP contribution in [0.4, 0.5) is 0 Å². The van der Waals surface area contributed by atoms with Crippen LogP contribution in [0.1, 0.15) is 35.2 Å². The molecular weight excluding hydrogens is 480 g/mol. The number of benzene rings is 3. The molecule has 1 fully saturated rings. The lowest BCUT2D eigenvalue weighted by molar-refractivity contribution is -0.140. The van der Waals surface area contributed by atoms with E-state index in [0.717, 1.165) is 16.7 Å². The van der Waals surface area contributed by atoms with E-state index in [1.165, 1.54) is 4.90 Å². The SMILES string of the molecule is CCOc1ccc([C@H]2/C(=C(\O)c3ccc(OCc4ccccc4)c(C)c3)C(=O)C(=O)N2CCN(C)C)cc1. The molecule has 0 radical (unpaired) electrons. The van der Waals surface area contributed by atoms with Crippen molar-refractivity contribution in [2.24, 2.45) is 0 Å². The standard InChI is InChI=1S/C31H34N2O5/c1-5-37-25-14-11-23(12-15-25)28-27(30(35)31(36)33(28)18-17-32(3)4)29(34)24-13-16-26(21(2)19-24)38-20-22-9-7-6-8-10-22/h6-16,19,28,34H,5,17-18,20H2,1-4H3/b29-27+/t28-/m0/s1. The molecule has 0 aliphatic carbocycles. The quantitative estimate of drug-likeness (QED) is 0.234. The van der Waals surface area contributed by atoms with Crippen LogP contribution in [0, 0.1) is 6.92 Å². The third-order valence-corrected chi connectivity index (χ3v) is 6.52. The molecule has 0 spiro atoms. The minimum Gasteiger partial charge on any atom is -0.507 e. The monoisotopic (exact) mass is 514 g/mol. The number of amides is 1. The van der Waals surface area contributed by atoms with Gasteiger partial charge in [-0.05, 0) is 75.0 Å². The summed E-state index contributed by atoms with van der Waals surface area (Å²) < 4.78 is 11.5. The van der Waals surface area contributed by atoms with Gasteiger partial charge in [0.25, 0.3) is 11.7 Å². The van der Waals surface area contributed by atoms with E-state index in [-0.39, 0.29) is 11.3 Å². The minimum atomic E-state index is -0.708. The van der Waals surface area contributed by atoms with E-state index in [1.54, 1.807) is 18.2 Å². The molecule has 198 valence electrons. The molecule has 1 aliphatic heterocycles. The fourth-order valence-corrected chi connectivity index (χ4v) is 4.53. The first-order valence-corrected chi connectivity index (χ1v) is 12.7. The summed E-state index contributed by atoms with van der Waals surface area (Å²) in [6.45, 7) is 5.66. The van der Waals surface area contributed by atoms with Crippen molar-refractivity contribution in [3.63, 3.8) is 0 Å². The minimum absolute atomic E-state index is 0.0790. The smallest absolute Gasteiger partial charge is 0.295 e. The van der Waals surface area contributed by atoms with Crippen molar-refractivity contribution in [3.05, 3.63) is 101 Å². The summed E-state index contributed by atoms with van der Waals surface area (Å²) in [5.74, 6) is -0.135. The predicted octanol–water partition coefficient (Wildman–Crippen LogP) is 4.96. The Balaban J connectivity index is 1.69. The van der Waals surface area contributed by atoms with Gasteiger partial charge in [-0.15, -0.1) is 0 Å². The van der Waals surface area contributed by atoms with Crippen LogP contribution >= 0.6 is 0 Å². The van der Waals surface area contributed by atoms with E-state index < -0.39 is 17.7 Å². The number of carbonyl (C=O) groups excluding carboxylic acids is 2. The Labute approximate surface area is 223 Å². The molecule has 38 heavy (non-hydrogen) atoms. The van der Waals surface area contributed by atoms with Crippen molar-refractivity contribution in [3.8, 4) is 11.5 Å². The molecule has 1 heterocycles. The van der Waals surface area contributed by atoms with E-state index in [2.05, 4.69) is 0 Å². The highest BCUT2D eigenvalue weighted by Gasteiger charge is 2.45. The summed E-state index contributed by atoms with van der Waals surface area (Å²) >= 11 is 0. The zero-order chi connectivity index (χ0) is 27.2. The molecule has 0 aromatic heterocycles. The first-order valence-electron chi connectivity index (χ1n) is 12.7. The Morgan fingerprint density at radius 3 is 2.32 bits per heavy atom. The molecule has 3 aromatic rings. The molecule has 3 aromatic carbocycles. The second-order valence-corrected chi connectivity index (χ2v) is 9.55. The van der Waals surface area contributed by atoms with Crippen LogP contribution in [0.15, 0.2) is 78.4 Å². The van der Waals surface area contributed by atoms with E-state index in [1.807, 2.05) is 87.4 Å². The number of carbonyl (C=O) groups is 2. The summed E-state index contributed by atoms with van der Waals surface area (Å²) in [6.07, 6.45) is 0. The second-order valence-electron chi connectivity index (χ2n) is 9.55. The van der Waals surface area contributed by atoms with E-state index >= 15 is 0 Å². The molecule has 7 nitrogen and oxygen atoms in total. The van der Waals surface area contributed by atoms with Gasteiger partial charge in [-0.25, -0.2) is 0 Å². The van der Waals surface area contributed by atoms with Gasteiger partial charge in [0.1, 0.15) is 23.9 Å². The maximum Gasteiger partial charge on any atom is 0.295 e. The van der Waals surface area contributed by atoms with Crippen LogP contribution in [-0.2, 0) is 16.2 Å². The van der Waals surface area contributed by atoms with Gasteiger partial charge in [0.2, 0.25) is 0 Å². The highest BCUT2D eigenvalue weighted by Crippen LogP contribution is 2.40. The van der Waals surface area contributed by atoms with Crippen molar-refractivity contribution in [1.82, 2.24) is 9.80 Å². The lowest BCUT2D eigenvalue weighted by Crippen LogP contribution is -2.35. The zero-order valence-corrected chi connectivity index (χ0v) is 22.3. The van der Waals surface area contributed by atoms with Gasteiger partial charge in [-0.2, -0.15) is 0 Å². The molecule has 4 rings (SSSR count). The molecule has 1 amide bonds. The Bertz CT molecular complexity index is 1320. The number of likely N-dealkylation sites (N-methyl/N-ethyl adjacent to an activating group) is 1. The zero-order valence-electron chi connectivity index (χ0n) is 22.3. The van der Waals surface area contributed by atoms with Crippen molar-refractivity contribution >= 4 is 17.4 Å². The molecule has 0 saturated carbocycles. The maximum absolute atomic E-state index is 13.3. The van der Waals surface area contributed by atoms with Crippen LogP contribution in [0.3, 0.4) is 0 Å². The third-order valence-electron chi connectivity index (χ3n) is 6.52. The normalized spacial score (nSPS) is 16.8. The lowest BCUT2D eigenvalue weighted by atomic mass is 9.94. The number of hydrogen-bond acceptors (Lipinski definition) is 6. The van der Waals surface area contributed by atoms with E-state index in [4.69, 9.17) is 9.47 Å². The number of ketones is 1. The summed E-state index contributed by atoms with van der Waals surface area (Å²) in [5, 5.41) is 11.4. The highest BCUT2D eigenvalue weighted by molar-refractivity contribution is 6.46. The Kier molecular flexibility index (Phi) is 8.48. The van der Waals surface area contributed by atoms with Crippen LogP contribution in [0.5, 0.6) is 11.5 Å². The number of likely N-dealkylation sites (tertiary alicyclic amines) is 1. The van der Waals surface area contributed by atoms with Crippen molar-refractivity contribution in [2.75, 3.05) is 33.8 Å². The van der Waals surface area contributed by atoms with Crippen LogP contribution < -0.4 is 9.47 Å². The number of Topliss-reactive ketones (excluding diaryl/α,β-unsaturated/α-hetero) is 1. The largest absolute Gasteiger partial charge is 0.507 e.